The molecule has 0 bridgehead atoms. The van der Waals surface area contributed by atoms with Crippen LogP contribution in [0.3, 0.4) is 0 Å². The van der Waals surface area contributed by atoms with Gasteiger partial charge in [0.05, 0.1) is 11.4 Å². The molecule has 0 spiro atoms. The van der Waals surface area contributed by atoms with Crippen molar-refractivity contribution in [1.82, 2.24) is 19.7 Å². The van der Waals surface area contributed by atoms with E-state index >= 15 is 0 Å². The van der Waals surface area contributed by atoms with Crippen LogP contribution >= 0.6 is 23.1 Å². The van der Waals surface area contributed by atoms with Gasteiger partial charge in [0.15, 0.2) is 16.1 Å². The van der Waals surface area contributed by atoms with Gasteiger partial charge in [0.2, 0.25) is 5.91 Å². The maximum absolute atomic E-state index is 12.5. The summed E-state index contributed by atoms with van der Waals surface area (Å²) in [5.41, 5.74) is 5.32. The van der Waals surface area contributed by atoms with Crippen molar-refractivity contribution in [2.45, 2.75) is 32.5 Å². The van der Waals surface area contributed by atoms with Gasteiger partial charge >= 0.3 is 0 Å². The third kappa shape index (κ3) is 5.03. The molecule has 0 aliphatic heterocycles. The van der Waals surface area contributed by atoms with E-state index < -0.39 is 0 Å². The molecule has 0 unspecified atom stereocenters. The van der Waals surface area contributed by atoms with E-state index in [0.29, 0.717) is 5.13 Å². The van der Waals surface area contributed by atoms with Crippen molar-refractivity contribution in [3.8, 4) is 22.6 Å². The van der Waals surface area contributed by atoms with Crippen LogP contribution in [-0.4, -0.2) is 31.4 Å². The zero-order valence-corrected chi connectivity index (χ0v) is 19.3. The van der Waals surface area contributed by atoms with Crippen molar-refractivity contribution < 1.29 is 4.79 Å². The number of rotatable bonds is 7. The number of hydrogen-bond acceptors (Lipinski definition) is 6. The van der Waals surface area contributed by atoms with Crippen LogP contribution in [0.4, 0.5) is 5.13 Å². The summed E-state index contributed by atoms with van der Waals surface area (Å²) < 4.78 is 2.03. The fraction of sp³-hybridized carbons (Fsp3) is 0.217. The van der Waals surface area contributed by atoms with Gasteiger partial charge in [0.1, 0.15) is 0 Å². The highest BCUT2D eigenvalue weighted by Gasteiger charge is 2.15. The minimum Gasteiger partial charge on any atom is -0.302 e. The molecular weight excluding hydrogens is 426 g/mol. The van der Waals surface area contributed by atoms with Gasteiger partial charge in [-0.3, -0.25) is 4.79 Å². The molecule has 2 heterocycles. The van der Waals surface area contributed by atoms with Crippen LogP contribution in [0.25, 0.3) is 22.6 Å². The summed E-state index contributed by atoms with van der Waals surface area (Å²) in [5.74, 6) is 0.941. The molecule has 0 atom stereocenters. The largest absolute Gasteiger partial charge is 0.302 e. The molecule has 0 saturated heterocycles. The molecule has 1 amide bonds. The van der Waals surface area contributed by atoms with Gasteiger partial charge in [-0.2, -0.15) is 0 Å². The lowest BCUT2D eigenvalue weighted by Gasteiger charge is -2.07. The summed E-state index contributed by atoms with van der Waals surface area (Å²) in [7, 11) is 0. The Hall–Kier alpha value is -2.97. The van der Waals surface area contributed by atoms with Crippen molar-refractivity contribution in [2.75, 3.05) is 11.1 Å². The predicted molar refractivity (Wildman–Crippen MR) is 128 cm³/mol. The van der Waals surface area contributed by atoms with E-state index in [1.807, 2.05) is 41.1 Å². The summed E-state index contributed by atoms with van der Waals surface area (Å²) in [6.07, 6.45) is 0. The Morgan fingerprint density at radius 3 is 2.29 bits per heavy atom. The van der Waals surface area contributed by atoms with E-state index in [2.05, 4.69) is 58.6 Å². The number of thiazole rings is 1. The Balaban J connectivity index is 1.39. The first-order valence-corrected chi connectivity index (χ1v) is 11.9. The van der Waals surface area contributed by atoms with E-state index in [0.717, 1.165) is 34.3 Å². The molecule has 0 fully saturated rings. The third-order valence-electron chi connectivity index (χ3n) is 4.77. The Kier molecular flexibility index (Phi) is 6.48. The second-order valence-electron chi connectivity index (χ2n) is 7.16. The molecule has 8 heteroatoms. The molecule has 31 heavy (non-hydrogen) atoms. The number of amides is 1. The normalized spacial score (nSPS) is 10.9. The van der Waals surface area contributed by atoms with E-state index in [-0.39, 0.29) is 11.7 Å². The molecular formula is C23H23N5OS2. The molecule has 0 radical (unpaired) electrons. The highest BCUT2D eigenvalue weighted by atomic mass is 32.2. The summed E-state index contributed by atoms with van der Waals surface area (Å²) in [5, 5.41) is 14.8. The Morgan fingerprint density at radius 2 is 1.65 bits per heavy atom. The number of nitrogens with zero attached hydrogens (tertiary/aromatic N) is 4. The minimum atomic E-state index is -0.114. The fourth-order valence-corrected chi connectivity index (χ4v) is 4.61. The smallest absolute Gasteiger partial charge is 0.236 e. The lowest BCUT2D eigenvalue weighted by Crippen LogP contribution is -2.14. The van der Waals surface area contributed by atoms with Gasteiger partial charge in [0.25, 0.3) is 0 Å². The van der Waals surface area contributed by atoms with Crippen molar-refractivity contribution in [2.24, 2.45) is 0 Å². The molecule has 2 aromatic heterocycles. The molecule has 6 nitrogen and oxygen atoms in total. The number of carbonyl (C=O) groups is 1. The van der Waals surface area contributed by atoms with E-state index in [9.17, 15) is 4.79 Å². The van der Waals surface area contributed by atoms with Crippen LogP contribution in [-0.2, 0) is 11.3 Å². The SMILES string of the molecule is CCn1c(SCC(=O)Nc2nc(-c3ccc(C)cc3)cs2)nnc1-c1ccc(C)cc1. The van der Waals surface area contributed by atoms with Crippen LogP contribution in [0.2, 0.25) is 0 Å². The average Bonchev–Trinajstić information content (AvgIpc) is 3.40. The number of thioether (sulfide) groups is 1. The second kappa shape index (κ2) is 9.45. The maximum Gasteiger partial charge on any atom is 0.236 e. The first kappa shape index (κ1) is 21.3. The highest BCUT2D eigenvalue weighted by molar-refractivity contribution is 7.99. The standard InChI is InChI=1S/C23H23N5OS2/c1-4-28-21(18-11-7-16(3)8-12-18)26-27-23(28)31-14-20(29)25-22-24-19(13-30-22)17-9-5-15(2)6-10-17/h5-13H,4,14H2,1-3H3,(H,24,25,29). The van der Waals surface area contributed by atoms with E-state index in [1.54, 1.807) is 0 Å². The number of hydrogen-bond donors (Lipinski definition) is 1. The van der Waals surface area contributed by atoms with Crippen LogP contribution < -0.4 is 5.32 Å². The van der Waals surface area contributed by atoms with Gasteiger partial charge in [-0.1, -0.05) is 71.4 Å². The van der Waals surface area contributed by atoms with Crippen LogP contribution in [0, 0.1) is 13.8 Å². The average molecular weight is 450 g/mol. The molecule has 2 aromatic carbocycles. The number of benzene rings is 2. The molecule has 0 aliphatic carbocycles. The van der Waals surface area contributed by atoms with Crippen molar-refractivity contribution in [3.05, 3.63) is 65.0 Å². The van der Waals surface area contributed by atoms with Gasteiger partial charge in [-0.15, -0.1) is 21.5 Å². The highest BCUT2D eigenvalue weighted by Crippen LogP contribution is 2.27. The zero-order chi connectivity index (χ0) is 21.8. The quantitative estimate of drug-likeness (QED) is 0.381. The summed E-state index contributed by atoms with van der Waals surface area (Å²) in [6.45, 7) is 6.89. The first-order chi connectivity index (χ1) is 15.0. The molecule has 4 rings (SSSR count). The first-order valence-electron chi connectivity index (χ1n) is 9.99. The molecule has 0 saturated carbocycles. The molecule has 158 valence electrons. The Bertz CT molecular complexity index is 1180. The molecule has 4 aromatic rings. The van der Waals surface area contributed by atoms with Gasteiger partial charge in [-0.25, -0.2) is 4.98 Å². The Labute approximate surface area is 189 Å². The van der Waals surface area contributed by atoms with Crippen molar-refractivity contribution in [3.63, 3.8) is 0 Å². The fourth-order valence-electron chi connectivity index (χ4n) is 3.07. The maximum atomic E-state index is 12.5. The predicted octanol–water partition coefficient (Wildman–Crippen LogP) is 5.44. The number of aromatic nitrogens is 4. The lowest BCUT2D eigenvalue weighted by molar-refractivity contribution is -0.113. The topological polar surface area (TPSA) is 72.7 Å². The number of aryl methyl sites for hydroxylation is 2. The van der Waals surface area contributed by atoms with Crippen LogP contribution in [0.5, 0.6) is 0 Å². The monoisotopic (exact) mass is 449 g/mol. The second-order valence-corrected chi connectivity index (χ2v) is 8.96. The van der Waals surface area contributed by atoms with Gasteiger partial charge < -0.3 is 9.88 Å². The zero-order valence-electron chi connectivity index (χ0n) is 17.6. The van der Waals surface area contributed by atoms with Gasteiger partial charge in [0, 0.05) is 23.1 Å². The third-order valence-corrected chi connectivity index (χ3v) is 6.50. The van der Waals surface area contributed by atoms with Crippen molar-refractivity contribution >= 4 is 34.1 Å². The van der Waals surface area contributed by atoms with E-state index in [4.69, 9.17) is 0 Å². The number of carbonyl (C=O) groups excluding carboxylic acids is 1. The van der Waals surface area contributed by atoms with Gasteiger partial charge in [-0.05, 0) is 20.8 Å². The molecule has 0 aliphatic rings. The Morgan fingerprint density at radius 1 is 1.00 bits per heavy atom. The number of anilines is 1. The summed E-state index contributed by atoms with van der Waals surface area (Å²) >= 11 is 2.80. The van der Waals surface area contributed by atoms with Crippen LogP contribution in [0.15, 0.2) is 59.1 Å². The summed E-state index contributed by atoms with van der Waals surface area (Å²) in [4.78, 5) is 17.0. The molecule has 1 N–H and O–H groups in total. The van der Waals surface area contributed by atoms with E-state index in [1.165, 1.54) is 34.2 Å². The number of nitrogens with one attached hydrogen (secondary N) is 1. The summed E-state index contributed by atoms with van der Waals surface area (Å²) in [6, 6.07) is 16.4. The van der Waals surface area contributed by atoms with Crippen LogP contribution in [0.1, 0.15) is 18.1 Å². The van der Waals surface area contributed by atoms with Crippen molar-refractivity contribution in [1.29, 1.82) is 0 Å². The lowest BCUT2D eigenvalue weighted by atomic mass is 10.1. The minimum absolute atomic E-state index is 0.114.